The predicted octanol–water partition coefficient (Wildman–Crippen LogP) is 0.408. The fourth-order valence-electron chi connectivity index (χ4n) is 2.59. The lowest BCUT2D eigenvalue weighted by Gasteiger charge is -2.23. The molecule has 1 atom stereocenters. The van der Waals surface area contributed by atoms with Gasteiger partial charge in [0.25, 0.3) is 5.56 Å². The van der Waals surface area contributed by atoms with Gasteiger partial charge >= 0.3 is 0 Å². The number of methoxy groups -OCH3 is 1. The molecule has 2 aliphatic rings. The number of H-pyrrole nitrogens is 1. The molecule has 1 aromatic rings. The second kappa shape index (κ2) is 4.85. The topological polar surface area (TPSA) is 92.4 Å². The highest BCUT2D eigenvalue weighted by atomic mass is 32.2. The first-order valence-electron chi connectivity index (χ1n) is 6.68. The Balaban J connectivity index is 1.92. The van der Waals surface area contributed by atoms with E-state index in [1.807, 2.05) is 0 Å². The number of aromatic amines is 1. The van der Waals surface area contributed by atoms with E-state index in [1.165, 1.54) is 17.6 Å². The van der Waals surface area contributed by atoms with Crippen LogP contribution < -0.4 is 10.3 Å². The molecule has 1 aliphatic carbocycles. The van der Waals surface area contributed by atoms with Gasteiger partial charge in [0.15, 0.2) is 0 Å². The summed E-state index contributed by atoms with van der Waals surface area (Å²) in [5.74, 6) is 0.529. The normalized spacial score (nSPS) is 23.9. The lowest BCUT2D eigenvalue weighted by atomic mass is 10.2. The zero-order valence-electron chi connectivity index (χ0n) is 11.2. The van der Waals surface area contributed by atoms with Crippen molar-refractivity contribution in [3.63, 3.8) is 0 Å². The molecule has 1 N–H and O–H groups in total. The number of hydrogen-bond acceptors (Lipinski definition) is 5. The minimum Gasteiger partial charge on any atom is -0.490 e. The number of nitrogens with one attached hydrogen (secondary N) is 1. The summed E-state index contributed by atoms with van der Waals surface area (Å²) in [6.07, 6.45) is 4.28. The molecule has 1 aliphatic heterocycles. The van der Waals surface area contributed by atoms with E-state index in [0.717, 1.165) is 19.3 Å². The van der Waals surface area contributed by atoms with Crippen molar-refractivity contribution >= 4 is 10.0 Å². The zero-order chi connectivity index (χ0) is 14.3. The summed E-state index contributed by atoms with van der Waals surface area (Å²) in [6.45, 7) is 0.499. The van der Waals surface area contributed by atoms with Crippen LogP contribution in [0.2, 0.25) is 0 Å². The third-order valence-electron chi connectivity index (χ3n) is 3.80. The lowest BCUT2D eigenvalue weighted by molar-refractivity contribution is 0.375. The van der Waals surface area contributed by atoms with Gasteiger partial charge in [-0.1, -0.05) is 0 Å². The highest BCUT2D eigenvalue weighted by Crippen LogP contribution is 2.39. The first-order chi connectivity index (χ1) is 9.54. The second-order valence-electron chi connectivity index (χ2n) is 5.18. The highest BCUT2D eigenvalue weighted by molar-refractivity contribution is 7.90. The first kappa shape index (κ1) is 13.6. The van der Waals surface area contributed by atoms with E-state index in [4.69, 9.17) is 4.74 Å². The van der Waals surface area contributed by atoms with Crippen LogP contribution in [0.1, 0.15) is 37.5 Å². The fraction of sp³-hybridized carbons (Fsp3) is 0.667. The van der Waals surface area contributed by atoms with Gasteiger partial charge in [-0.2, -0.15) is 4.31 Å². The van der Waals surface area contributed by atoms with Crippen molar-refractivity contribution in [1.82, 2.24) is 14.3 Å². The molecule has 1 saturated carbocycles. The summed E-state index contributed by atoms with van der Waals surface area (Å²) in [7, 11) is -1.86. The molecule has 1 aromatic heterocycles. The minimum atomic E-state index is -3.25. The minimum absolute atomic E-state index is 0.128. The van der Waals surface area contributed by atoms with E-state index in [1.54, 1.807) is 0 Å². The van der Waals surface area contributed by atoms with E-state index in [9.17, 15) is 13.2 Å². The molecule has 1 saturated heterocycles. The Kier molecular flexibility index (Phi) is 3.29. The molecule has 2 fully saturated rings. The van der Waals surface area contributed by atoms with Crippen LogP contribution in [0.15, 0.2) is 11.0 Å². The quantitative estimate of drug-likeness (QED) is 0.869. The Labute approximate surface area is 117 Å². The van der Waals surface area contributed by atoms with Crippen molar-refractivity contribution in [2.45, 2.75) is 37.0 Å². The van der Waals surface area contributed by atoms with Crippen molar-refractivity contribution in [3.8, 4) is 5.75 Å². The smallest absolute Gasteiger partial charge is 0.293 e. The van der Waals surface area contributed by atoms with E-state index >= 15 is 0 Å². The third kappa shape index (κ3) is 2.22. The molecule has 0 spiro atoms. The van der Waals surface area contributed by atoms with E-state index in [2.05, 4.69) is 9.97 Å². The fourth-order valence-corrected chi connectivity index (χ4v) is 4.65. The summed E-state index contributed by atoms with van der Waals surface area (Å²) in [4.78, 5) is 18.5. The van der Waals surface area contributed by atoms with Gasteiger partial charge in [0.2, 0.25) is 15.8 Å². The van der Waals surface area contributed by atoms with Gasteiger partial charge in [-0.3, -0.25) is 4.79 Å². The molecule has 0 aromatic carbocycles. The van der Waals surface area contributed by atoms with Crippen LogP contribution in [0.5, 0.6) is 5.75 Å². The summed E-state index contributed by atoms with van der Waals surface area (Å²) in [6, 6.07) is -0.362. The molecule has 2 heterocycles. The maximum Gasteiger partial charge on any atom is 0.293 e. The van der Waals surface area contributed by atoms with Crippen LogP contribution in [0.4, 0.5) is 0 Å². The Bertz CT molecular complexity index is 666. The molecule has 0 amide bonds. The number of ether oxygens (including phenoxy) is 1. The van der Waals surface area contributed by atoms with Gasteiger partial charge in [-0.05, 0) is 25.7 Å². The first-order valence-corrected chi connectivity index (χ1v) is 8.18. The zero-order valence-corrected chi connectivity index (χ0v) is 12.0. The number of hydrogen-bond donors (Lipinski definition) is 1. The lowest BCUT2D eigenvalue weighted by Crippen LogP contribution is -2.34. The number of aromatic nitrogens is 2. The van der Waals surface area contributed by atoms with Gasteiger partial charge in [0.05, 0.1) is 24.6 Å². The summed E-state index contributed by atoms with van der Waals surface area (Å²) >= 11 is 0. The Morgan fingerprint density at radius 3 is 2.75 bits per heavy atom. The number of nitrogens with zero attached hydrogens (tertiary/aromatic N) is 2. The Hall–Kier alpha value is -1.41. The average Bonchev–Trinajstić information content (AvgIpc) is 3.16. The molecule has 3 rings (SSSR count). The van der Waals surface area contributed by atoms with E-state index in [0.29, 0.717) is 18.8 Å². The van der Waals surface area contributed by atoms with Gasteiger partial charge < -0.3 is 9.72 Å². The van der Waals surface area contributed by atoms with Crippen molar-refractivity contribution in [3.05, 3.63) is 22.4 Å². The van der Waals surface area contributed by atoms with Crippen LogP contribution in [0, 0.1) is 0 Å². The van der Waals surface area contributed by atoms with Crippen molar-refractivity contribution in [1.29, 1.82) is 0 Å². The molecular formula is C12H17N3O4S. The predicted molar refractivity (Wildman–Crippen MR) is 72.0 cm³/mol. The van der Waals surface area contributed by atoms with Crippen LogP contribution in [-0.4, -0.2) is 41.6 Å². The molecule has 20 heavy (non-hydrogen) atoms. The molecule has 0 radical (unpaired) electrons. The largest absolute Gasteiger partial charge is 0.490 e. The number of sulfonamides is 1. The van der Waals surface area contributed by atoms with Crippen LogP contribution in [0.25, 0.3) is 0 Å². The maximum atomic E-state index is 12.4. The summed E-state index contributed by atoms with van der Waals surface area (Å²) < 4.78 is 31.1. The van der Waals surface area contributed by atoms with Crippen LogP contribution in [0.3, 0.4) is 0 Å². The van der Waals surface area contributed by atoms with Gasteiger partial charge in [-0.25, -0.2) is 13.4 Å². The summed E-state index contributed by atoms with van der Waals surface area (Å²) in [5.41, 5.74) is -0.381. The van der Waals surface area contributed by atoms with E-state index in [-0.39, 0.29) is 22.6 Å². The molecule has 7 nitrogen and oxygen atoms in total. The SMILES string of the molecule is COc1cnc(C2CCCN2S(=O)(=O)C2CC2)[nH]c1=O. The Morgan fingerprint density at radius 2 is 2.15 bits per heavy atom. The van der Waals surface area contributed by atoms with Gasteiger partial charge in [-0.15, -0.1) is 0 Å². The monoisotopic (exact) mass is 299 g/mol. The molecule has 0 bridgehead atoms. The second-order valence-corrected chi connectivity index (χ2v) is 7.34. The molecular weight excluding hydrogens is 282 g/mol. The molecule has 8 heteroatoms. The van der Waals surface area contributed by atoms with Crippen LogP contribution in [-0.2, 0) is 10.0 Å². The molecule has 110 valence electrons. The summed E-state index contributed by atoms with van der Waals surface area (Å²) in [5, 5.41) is -0.243. The van der Waals surface area contributed by atoms with E-state index < -0.39 is 10.0 Å². The standard InChI is InChI=1S/C12H17N3O4S/c1-19-10-7-13-11(14-12(10)16)9-3-2-6-15(9)20(17,18)8-4-5-8/h7-9H,2-6H2,1H3,(H,13,14,16). The highest BCUT2D eigenvalue weighted by Gasteiger charge is 2.45. The maximum absolute atomic E-state index is 12.4. The molecule has 1 unspecified atom stereocenters. The van der Waals surface area contributed by atoms with Crippen molar-refractivity contribution < 1.29 is 13.2 Å². The van der Waals surface area contributed by atoms with Gasteiger partial charge in [0.1, 0.15) is 5.82 Å². The third-order valence-corrected chi connectivity index (χ3v) is 6.20. The van der Waals surface area contributed by atoms with Crippen molar-refractivity contribution in [2.24, 2.45) is 0 Å². The Morgan fingerprint density at radius 1 is 1.40 bits per heavy atom. The average molecular weight is 299 g/mol. The van der Waals surface area contributed by atoms with Crippen molar-refractivity contribution in [2.75, 3.05) is 13.7 Å². The van der Waals surface area contributed by atoms with Gasteiger partial charge in [0, 0.05) is 6.54 Å². The number of rotatable bonds is 4. The van der Waals surface area contributed by atoms with Crippen LogP contribution >= 0.6 is 0 Å².